The smallest absolute Gasteiger partial charge is 0.308 e. The van der Waals surface area contributed by atoms with Gasteiger partial charge in [0.15, 0.2) is 0 Å². The van der Waals surface area contributed by atoms with E-state index in [1.165, 1.54) is 35.6 Å². The first-order chi connectivity index (χ1) is 11.6. The second-order valence-electron chi connectivity index (χ2n) is 4.53. The average Bonchev–Trinajstić information content (AvgIpc) is 3.04. The number of nitro benzene ring substituents is 1. The summed E-state index contributed by atoms with van der Waals surface area (Å²) in [6.07, 6.45) is 3.29. The van der Waals surface area contributed by atoms with E-state index in [9.17, 15) is 14.9 Å². The van der Waals surface area contributed by atoms with Crippen LogP contribution in [0.2, 0.25) is 0 Å². The highest BCUT2D eigenvalue weighted by atomic mass is 32.1. The van der Waals surface area contributed by atoms with E-state index in [0.29, 0.717) is 15.8 Å². The minimum Gasteiger partial charge on any atom is -0.308 e. The third kappa shape index (κ3) is 3.67. The SMILES string of the molecule is O=C(Nc1ccc([N+](=O)[O-])cc1)Nc1nnc(-c2ccncc2)s1. The summed E-state index contributed by atoms with van der Waals surface area (Å²) < 4.78 is 0. The summed E-state index contributed by atoms with van der Waals surface area (Å²) in [6.45, 7) is 0. The van der Waals surface area contributed by atoms with Crippen LogP contribution in [0.1, 0.15) is 0 Å². The summed E-state index contributed by atoms with van der Waals surface area (Å²) in [4.78, 5) is 25.9. The first kappa shape index (κ1) is 15.5. The van der Waals surface area contributed by atoms with Gasteiger partial charge in [0.1, 0.15) is 5.01 Å². The molecule has 2 amide bonds. The quantitative estimate of drug-likeness (QED) is 0.554. The molecule has 24 heavy (non-hydrogen) atoms. The van der Waals surface area contributed by atoms with Gasteiger partial charge in [0.05, 0.1) is 4.92 Å². The first-order valence-corrected chi connectivity index (χ1v) is 7.50. The lowest BCUT2D eigenvalue weighted by Gasteiger charge is -2.04. The number of nitro groups is 1. The lowest BCUT2D eigenvalue weighted by molar-refractivity contribution is -0.384. The normalized spacial score (nSPS) is 10.2. The number of nitrogens with zero attached hydrogens (tertiary/aromatic N) is 4. The van der Waals surface area contributed by atoms with Gasteiger partial charge in [-0.15, -0.1) is 10.2 Å². The van der Waals surface area contributed by atoms with E-state index < -0.39 is 11.0 Å². The van der Waals surface area contributed by atoms with Crippen LogP contribution in [-0.4, -0.2) is 26.1 Å². The summed E-state index contributed by atoms with van der Waals surface area (Å²) in [5.41, 5.74) is 1.23. The van der Waals surface area contributed by atoms with Gasteiger partial charge in [-0.25, -0.2) is 4.79 Å². The van der Waals surface area contributed by atoms with Crippen molar-refractivity contribution in [2.75, 3.05) is 10.6 Å². The minimum absolute atomic E-state index is 0.0490. The van der Waals surface area contributed by atoms with Crippen LogP contribution in [0.5, 0.6) is 0 Å². The Labute approximate surface area is 139 Å². The van der Waals surface area contributed by atoms with Crippen molar-refractivity contribution in [2.45, 2.75) is 0 Å². The summed E-state index contributed by atoms with van der Waals surface area (Å²) in [5, 5.41) is 24.6. The molecule has 0 bridgehead atoms. The number of hydrogen-bond acceptors (Lipinski definition) is 7. The molecule has 9 nitrogen and oxygen atoms in total. The van der Waals surface area contributed by atoms with Crippen molar-refractivity contribution >= 4 is 33.9 Å². The van der Waals surface area contributed by atoms with Crippen molar-refractivity contribution in [2.24, 2.45) is 0 Å². The number of carbonyl (C=O) groups is 1. The molecule has 3 rings (SSSR count). The molecule has 0 fully saturated rings. The summed E-state index contributed by atoms with van der Waals surface area (Å²) in [7, 11) is 0. The van der Waals surface area contributed by atoms with Crippen molar-refractivity contribution in [1.29, 1.82) is 0 Å². The van der Waals surface area contributed by atoms with Gasteiger partial charge in [-0.1, -0.05) is 11.3 Å². The van der Waals surface area contributed by atoms with Crippen LogP contribution in [-0.2, 0) is 0 Å². The fraction of sp³-hybridized carbons (Fsp3) is 0. The Hall–Kier alpha value is -3.40. The van der Waals surface area contributed by atoms with Gasteiger partial charge < -0.3 is 5.32 Å². The molecule has 0 saturated carbocycles. The number of rotatable bonds is 4. The molecular formula is C14H10N6O3S. The average molecular weight is 342 g/mol. The summed E-state index contributed by atoms with van der Waals surface area (Å²) >= 11 is 1.22. The Morgan fingerprint density at radius 3 is 2.42 bits per heavy atom. The van der Waals surface area contributed by atoms with Gasteiger partial charge >= 0.3 is 6.03 Å². The van der Waals surface area contributed by atoms with Gasteiger partial charge in [-0.05, 0) is 24.3 Å². The molecule has 0 saturated heterocycles. The molecule has 120 valence electrons. The fourth-order valence-electron chi connectivity index (χ4n) is 1.81. The molecule has 0 atom stereocenters. The van der Waals surface area contributed by atoms with E-state index in [2.05, 4.69) is 25.8 Å². The maximum atomic E-state index is 11.9. The zero-order valence-electron chi connectivity index (χ0n) is 12.0. The van der Waals surface area contributed by atoms with Crippen LogP contribution >= 0.6 is 11.3 Å². The van der Waals surface area contributed by atoms with E-state index in [1.807, 2.05) is 0 Å². The Balaban J connectivity index is 1.63. The van der Waals surface area contributed by atoms with Crippen molar-refractivity contribution in [3.05, 3.63) is 58.9 Å². The predicted octanol–water partition coefficient (Wildman–Crippen LogP) is 3.15. The minimum atomic E-state index is -0.513. The molecule has 2 aromatic heterocycles. The molecule has 0 aliphatic heterocycles. The first-order valence-electron chi connectivity index (χ1n) is 6.68. The molecule has 0 aliphatic carbocycles. The molecule has 0 spiro atoms. The lowest BCUT2D eigenvalue weighted by Crippen LogP contribution is -2.19. The topological polar surface area (TPSA) is 123 Å². The second kappa shape index (κ2) is 6.79. The van der Waals surface area contributed by atoms with Gasteiger partial charge in [0.2, 0.25) is 5.13 Å². The second-order valence-corrected chi connectivity index (χ2v) is 5.51. The number of benzene rings is 1. The number of nitrogens with one attached hydrogen (secondary N) is 2. The predicted molar refractivity (Wildman–Crippen MR) is 88.9 cm³/mol. The van der Waals surface area contributed by atoms with Crippen LogP contribution in [0.3, 0.4) is 0 Å². The summed E-state index contributed by atoms with van der Waals surface area (Å²) in [6, 6.07) is 8.58. The van der Waals surface area contributed by atoms with E-state index in [0.717, 1.165) is 5.56 Å². The number of carbonyl (C=O) groups excluding carboxylic acids is 1. The number of non-ortho nitro benzene ring substituents is 1. The maximum absolute atomic E-state index is 11.9. The number of pyridine rings is 1. The van der Waals surface area contributed by atoms with Gasteiger partial charge in [0.25, 0.3) is 5.69 Å². The number of urea groups is 1. The summed E-state index contributed by atoms with van der Waals surface area (Å²) in [5.74, 6) is 0. The van der Waals surface area contributed by atoms with E-state index in [1.54, 1.807) is 24.5 Å². The number of aromatic nitrogens is 3. The van der Waals surface area contributed by atoms with E-state index in [-0.39, 0.29) is 5.69 Å². The largest absolute Gasteiger partial charge is 0.325 e. The highest BCUT2D eigenvalue weighted by Gasteiger charge is 2.10. The fourth-order valence-corrected chi connectivity index (χ4v) is 2.55. The Kier molecular flexibility index (Phi) is 4.38. The van der Waals surface area contributed by atoms with Gasteiger partial charge in [-0.2, -0.15) is 0 Å². The van der Waals surface area contributed by atoms with Crippen LogP contribution in [0.4, 0.5) is 21.3 Å². The molecule has 0 aliphatic rings. The third-order valence-corrected chi connectivity index (χ3v) is 3.80. The van der Waals surface area contributed by atoms with Crippen molar-refractivity contribution in [3.63, 3.8) is 0 Å². The zero-order chi connectivity index (χ0) is 16.9. The molecule has 2 N–H and O–H groups in total. The molecular weight excluding hydrogens is 332 g/mol. The maximum Gasteiger partial charge on any atom is 0.325 e. The van der Waals surface area contributed by atoms with Crippen molar-refractivity contribution in [3.8, 4) is 10.6 Å². The lowest BCUT2D eigenvalue weighted by atomic mass is 10.3. The highest BCUT2D eigenvalue weighted by molar-refractivity contribution is 7.18. The van der Waals surface area contributed by atoms with E-state index in [4.69, 9.17) is 0 Å². The van der Waals surface area contributed by atoms with Crippen LogP contribution in [0.15, 0.2) is 48.8 Å². The van der Waals surface area contributed by atoms with Crippen molar-refractivity contribution < 1.29 is 9.72 Å². The highest BCUT2D eigenvalue weighted by Crippen LogP contribution is 2.25. The van der Waals surface area contributed by atoms with Crippen LogP contribution in [0, 0.1) is 10.1 Å². The molecule has 1 aromatic carbocycles. The number of anilines is 2. The van der Waals surface area contributed by atoms with Crippen LogP contribution < -0.4 is 10.6 Å². The standard InChI is InChI=1S/C14H10N6O3S/c21-13(16-10-1-3-11(4-2-10)20(22)23)17-14-19-18-12(24-14)9-5-7-15-8-6-9/h1-8H,(H2,16,17,19,21). The molecule has 3 aromatic rings. The van der Waals surface area contributed by atoms with Crippen molar-refractivity contribution in [1.82, 2.24) is 15.2 Å². The molecule has 10 heteroatoms. The van der Waals surface area contributed by atoms with Gasteiger partial charge in [-0.3, -0.25) is 20.4 Å². The van der Waals surface area contributed by atoms with E-state index >= 15 is 0 Å². The monoisotopic (exact) mass is 342 g/mol. The zero-order valence-corrected chi connectivity index (χ0v) is 12.9. The Morgan fingerprint density at radius 2 is 1.75 bits per heavy atom. The molecule has 2 heterocycles. The number of hydrogen-bond donors (Lipinski definition) is 2. The Morgan fingerprint density at radius 1 is 1.04 bits per heavy atom. The molecule has 0 unspecified atom stereocenters. The Bertz CT molecular complexity index is 866. The third-order valence-electron chi connectivity index (χ3n) is 2.91. The molecule has 0 radical (unpaired) electrons. The van der Waals surface area contributed by atoms with Gasteiger partial charge in [0, 0.05) is 35.8 Å². The number of amides is 2. The van der Waals surface area contributed by atoms with Crippen LogP contribution in [0.25, 0.3) is 10.6 Å².